The number of thiophene rings is 1. The highest BCUT2D eigenvalue weighted by Gasteiger charge is 2.03. The van der Waals surface area contributed by atoms with E-state index in [4.69, 9.17) is 0 Å². The van der Waals surface area contributed by atoms with Gasteiger partial charge in [0.2, 0.25) is 0 Å². The van der Waals surface area contributed by atoms with Crippen LogP contribution in [0.3, 0.4) is 0 Å². The second-order valence-electron chi connectivity index (χ2n) is 4.39. The number of benzene rings is 1. The first-order valence-electron chi connectivity index (χ1n) is 5.60. The number of aryl methyl sites for hydroxylation is 1. The summed E-state index contributed by atoms with van der Waals surface area (Å²) in [7, 11) is 2.16. The average Bonchev–Trinajstić information content (AvgIpc) is 2.67. The molecule has 0 unspecified atom stereocenters. The van der Waals surface area contributed by atoms with Crippen molar-refractivity contribution in [3.8, 4) is 0 Å². The molecule has 1 aromatic carbocycles. The highest BCUT2D eigenvalue weighted by molar-refractivity contribution is 9.10. The van der Waals surface area contributed by atoms with Gasteiger partial charge in [0, 0.05) is 27.8 Å². The Bertz CT molecular complexity index is 475. The Hall–Kier alpha value is -0.640. The molecule has 0 N–H and O–H groups in total. The summed E-state index contributed by atoms with van der Waals surface area (Å²) in [4.78, 5) is 3.73. The van der Waals surface area contributed by atoms with E-state index in [1.165, 1.54) is 20.5 Å². The summed E-state index contributed by atoms with van der Waals surface area (Å²) in [6.45, 7) is 4.12. The van der Waals surface area contributed by atoms with E-state index in [2.05, 4.69) is 70.5 Å². The first-order valence-corrected chi connectivity index (χ1v) is 7.28. The molecule has 0 bridgehead atoms. The van der Waals surface area contributed by atoms with Crippen LogP contribution in [0.4, 0.5) is 0 Å². The first-order chi connectivity index (χ1) is 8.13. The van der Waals surface area contributed by atoms with Crippen LogP contribution >= 0.6 is 27.3 Å². The van der Waals surface area contributed by atoms with Gasteiger partial charge in [-0.25, -0.2) is 0 Å². The standard InChI is InChI=1S/C14H16BrNS/c1-11-3-5-12(6-4-11)8-16(2)9-14-7-13(15)10-17-14/h3-7,10H,8-9H2,1-2H3. The fraction of sp³-hybridized carbons (Fsp3) is 0.286. The maximum absolute atomic E-state index is 3.49. The van der Waals surface area contributed by atoms with Crippen LogP contribution in [0.15, 0.2) is 40.2 Å². The fourth-order valence-electron chi connectivity index (χ4n) is 1.76. The predicted octanol–water partition coefficient (Wildman–Crippen LogP) is 4.45. The largest absolute Gasteiger partial charge is 0.297 e. The average molecular weight is 310 g/mol. The van der Waals surface area contributed by atoms with E-state index < -0.39 is 0 Å². The van der Waals surface area contributed by atoms with Crippen LogP contribution in [-0.4, -0.2) is 11.9 Å². The summed E-state index contributed by atoms with van der Waals surface area (Å²) >= 11 is 5.29. The van der Waals surface area contributed by atoms with Gasteiger partial charge in [-0.15, -0.1) is 11.3 Å². The SMILES string of the molecule is Cc1ccc(CN(C)Cc2cc(Br)cs2)cc1. The molecule has 0 spiro atoms. The van der Waals surface area contributed by atoms with Gasteiger partial charge in [0.1, 0.15) is 0 Å². The molecule has 2 rings (SSSR count). The fourth-order valence-corrected chi connectivity index (χ4v) is 3.29. The molecule has 17 heavy (non-hydrogen) atoms. The number of nitrogens with zero attached hydrogens (tertiary/aromatic N) is 1. The van der Waals surface area contributed by atoms with Gasteiger partial charge < -0.3 is 0 Å². The van der Waals surface area contributed by atoms with Crippen molar-refractivity contribution in [3.05, 3.63) is 56.2 Å². The lowest BCUT2D eigenvalue weighted by Gasteiger charge is -2.15. The zero-order valence-corrected chi connectivity index (χ0v) is 12.5. The van der Waals surface area contributed by atoms with E-state index in [0.717, 1.165) is 13.1 Å². The zero-order chi connectivity index (χ0) is 12.3. The Balaban J connectivity index is 1.93. The summed E-state index contributed by atoms with van der Waals surface area (Å²) in [6, 6.07) is 10.9. The third kappa shape index (κ3) is 3.95. The van der Waals surface area contributed by atoms with Crippen molar-refractivity contribution in [2.75, 3.05) is 7.05 Å². The Morgan fingerprint density at radius 3 is 2.47 bits per heavy atom. The van der Waals surface area contributed by atoms with Crippen molar-refractivity contribution in [2.24, 2.45) is 0 Å². The minimum absolute atomic E-state index is 0.996. The molecule has 0 aliphatic heterocycles. The number of rotatable bonds is 4. The van der Waals surface area contributed by atoms with Crippen molar-refractivity contribution < 1.29 is 0 Å². The summed E-state index contributed by atoms with van der Waals surface area (Å²) in [6.07, 6.45) is 0. The Morgan fingerprint density at radius 2 is 1.88 bits per heavy atom. The van der Waals surface area contributed by atoms with Crippen LogP contribution in [0.5, 0.6) is 0 Å². The van der Waals surface area contributed by atoms with Crippen molar-refractivity contribution in [3.63, 3.8) is 0 Å². The molecule has 0 radical (unpaired) electrons. The molecule has 2 aromatic rings. The smallest absolute Gasteiger partial charge is 0.0328 e. The minimum Gasteiger partial charge on any atom is -0.297 e. The zero-order valence-electron chi connectivity index (χ0n) is 10.1. The lowest BCUT2D eigenvalue weighted by molar-refractivity contribution is 0.322. The van der Waals surface area contributed by atoms with Crippen LogP contribution in [-0.2, 0) is 13.1 Å². The monoisotopic (exact) mass is 309 g/mol. The molecule has 1 heterocycles. The van der Waals surface area contributed by atoms with Gasteiger partial charge in [-0.1, -0.05) is 29.8 Å². The van der Waals surface area contributed by atoms with Crippen LogP contribution in [0, 0.1) is 6.92 Å². The van der Waals surface area contributed by atoms with Crippen molar-refractivity contribution in [2.45, 2.75) is 20.0 Å². The van der Waals surface area contributed by atoms with Gasteiger partial charge in [0.25, 0.3) is 0 Å². The van der Waals surface area contributed by atoms with E-state index in [9.17, 15) is 0 Å². The lowest BCUT2D eigenvalue weighted by Crippen LogP contribution is -2.16. The van der Waals surface area contributed by atoms with Crippen molar-refractivity contribution >= 4 is 27.3 Å². The van der Waals surface area contributed by atoms with Crippen molar-refractivity contribution in [1.82, 2.24) is 4.90 Å². The summed E-state index contributed by atoms with van der Waals surface area (Å²) in [5, 5.41) is 2.13. The molecule has 0 saturated carbocycles. The van der Waals surface area contributed by atoms with Gasteiger partial charge in [0.05, 0.1) is 0 Å². The molecule has 0 aliphatic rings. The molecule has 0 atom stereocenters. The van der Waals surface area contributed by atoms with Crippen LogP contribution in [0.1, 0.15) is 16.0 Å². The van der Waals surface area contributed by atoms with Gasteiger partial charge >= 0.3 is 0 Å². The van der Waals surface area contributed by atoms with E-state index in [-0.39, 0.29) is 0 Å². The predicted molar refractivity (Wildman–Crippen MR) is 78.4 cm³/mol. The van der Waals surface area contributed by atoms with Gasteiger partial charge in [-0.3, -0.25) is 4.90 Å². The molecule has 0 aliphatic carbocycles. The molecule has 3 heteroatoms. The first kappa shape index (κ1) is 12.8. The number of hydrogen-bond donors (Lipinski definition) is 0. The van der Waals surface area contributed by atoms with Gasteiger partial charge in [0.15, 0.2) is 0 Å². The van der Waals surface area contributed by atoms with Gasteiger partial charge in [-0.2, -0.15) is 0 Å². The highest BCUT2D eigenvalue weighted by Crippen LogP contribution is 2.21. The van der Waals surface area contributed by atoms with Crippen LogP contribution < -0.4 is 0 Å². The minimum atomic E-state index is 0.996. The molecule has 0 amide bonds. The van der Waals surface area contributed by atoms with E-state index >= 15 is 0 Å². The third-order valence-electron chi connectivity index (χ3n) is 2.62. The molecule has 0 saturated heterocycles. The summed E-state index contributed by atoms with van der Waals surface area (Å²) in [5.74, 6) is 0. The lowest BCUT2D eigenvalue weighted by atomic mass is 10.1. The van der Waals surface area contributed by atoms with Crippen LogP contribution in [0.25, 0.3) is 0 Å². The number of hydrogen-bond acceptors (Lipinski definition) is 2. The second-order valence-corrected chi connectivity index (χ2v) is 6.30. The molecule has 1 aromatic heterocycles. The molecular formula is C14H16BrNS. The molecule has 90 valence electrons. The normalized spacial score (nSPS) is 11.1. The summed E-state index contributed by atoms with van der Waals surface area (Å²) in [5.41, 5.74) is 2.69. The summed E-state index contributed by atoms with van der Waals surface area (Å²) < 4.78 is 1.18. The van der Waals surface area contributed by atoms with E-state index in [1.807, 2.05) is 0 Å². The topological polar surface area (TPSA) is 3.24 Å². The van der Waals surface area contributed by atoms with E-state index in [1.54, 1.807) is 11.3 Å². The second kappa shape index (κ2) is 5.80. The quantitative estimate of drug-likeness (QED) is 0.806. The third-order valence-corrected chi connectivity index (χ3v) is 4.30. The molecule has 1 nitrogen and oxygen atoms in total. The Labute approximate surface area is 115 Å². The molecule has 0 fully saturated rings. The van der Waals surface area contributed by atoms with Crippen molar-refractivity contribution in [1.29, 1.82) is 0 Å². The Kier molecular flexibility index (Phi) is 4.37. The Morgan fingerprint density at radius 1 is 1.18 bits per heavy atom. The maximum atomic E-state index is 3.49. The maximum Gasteiger partial charge on any atom is 0.0328 e. The molecular weight excluding hydrogens is 294 g/mol. The number of halogens is 1. The van der Waals surface area contributed by atoms with Gasteiger partial charge in [-0.05, 0) is 41.5 Å². The van der Waals surface area contributed by atoms with E-state index in [0.29, 0.717) is 0 Å². The highest BCUT2D eigenvalue weighted by atomic mass is 79.9. The van der Waals surface area contributed by atoms with Crippen LogP contribution in [0.2, 0.25) is 0 Å².